The third-order valence-electron chi connectivity index (χ3n) is 9.87. The Hall–Kier alpha value is -3.91. The van der Waals surface area contributed by atoms with Gasteiger partial charge in [-0.3, -0.25) is 9.69 Å². The maximum Gasteiger partial charge on any atom is 0.510 e. The number of ether oxygens (including phenoxy) is 3. The van der Waals surface area contributed by atoms with Crippen molar-refractivity contribution in [3.8, 4) is 11.6 Å². The van der Waals surface area contributed by atoms with Gasteiger partial charge in [-0.25, -0.2) is 18.2 Å². The van der Waals surface area contributed by atoms with E-state index in [-0.39, 0.29) is 36.0 Å². The van der Waals surface area contributed by atoms with Gasteiger partial charge < -0.3 is 29.0 Å². The summed E-state index contributed by atoms with van der Waals surface area (Å²) >= 11 is 0. The summed E-state index contributed by atoms with van der Waals surface area (Å²) < 4.78 is 42.0. The van der Waals surface area contributed by atoms with E-state index in [4.69, 9.17) is 19.2 Å². The van der Waals surface area contributed by atoms with Crippen LogP contribution >= 0.6 is 0 Å². The van der Waals surface area contributed by atoms with E-state index < -0.39 is 16.0 Å². The van der Waals surface area contributed by atoms with Crippen LogP contribution in [0.25, 0.3) is 16.7 Å². The molecule has 1 aliphatic carbocycles. The molecule has 6 rings (SSSR count). The number of nitrogens with zero attached hydrogens (tertiary/aromatic N) is 5. The van der Waals surface area contributed by atoms with Crippen molar-refractivity contribution in [2.75, 3.05) is 50.1 Å². The van der Waals surface area contributed by atoms with E-state index >= 15 is 0 Å². The summed E-state index contributed by atoms with van der Waals surface area (Å²) in [6, 6.07) is 9.78. The van der Waals surface area contributed by atoms with Crippen molar-refractivity contribution in [3.63, 3.8) is 0 Å². The van der Waals surface area contributed by atoms with Crippen molar-refractivity contribution >= 4 is 38.8 Å². The quantitative estimate of drug-likeness (QED) is 0.206. The molecule has 1 saturated carbocycles. The first kappa shape index (κ1) is 34.9. The van der Waals surface area contributed by atoms with Crippen molar-refractivity contribution < 1.29 is 32.2 Å². The maximum atomic E-state index is 13.4. The van der Waals surface area contributed by atoms with E-state index in [0.717, 1.165) is 62.5 Å². The first-order valence-corrected chi connectivity index (χ1v) is 19.6. The zero-order valence-electron chi connectivity index (χ0n) is 28.5. The Morgan fingerprint density at radius 2 is 1.78 bits per heavy atom. The van der Waals surface area contributed by atoms with E-state index in [1.165, 1.54) is 6.26 Å². The lowest BCUT2D eigenvalue weighted by molar-refractivity contribution is -0.139. The van der Waals surface area contributed by atoms with Gasteiger partial charge in [-0.15, -0.1) is 0 Å². The summed E-state index contributed by atoms with van der Waals surface area (Å²) in [4.78, 5) is 39.1. The highest BCUT2D eigenvalue weighted by Gasteiger charge is 2.34. The smallest absolute Gasteiger partial charge is 0.493 e. The van der Waals surface area contributed by atoms with E-state index in [0.29, 0.717) is 56.5 Å². The Labute approximate surface area is 288 Å². The Balaban J connectivity index is 0.959. The van der Waals surface area contributed by atoms with Crippen LogP contribution in [0, 0.1) is 5.92 Å². The third-order valence-corrected chi connectivity index (χ3v) is 10.9. The van der Waals surface area contributed by atoms with Crippen molar-refractivity contribution in [3.05, 3.63) is 42.7 Å². The molecule has 3 aromatic rings. The van der Waals surface area contributed by atoms with Crippen LogP contribution in [0.4, 0.5) is 10.7 Å². The molecule has 3 fully saturated rings. The first-order valence-electron chi connectivity index (χ1n) is 17.6. The van der Waals surface area contributed by atoms with Gasteiger partial charge in [0.05, 0.1) is 17.9 Å². The zero-order valence-corrected chi connectivity index (χ0v) is 29.3. The number of amides is 1. The summed E-state index contributed by atoms with van der Waals surface area (Å²) in [6.07, 6.45) is 10.7. The molecule has 3 aliphatic rings. The number of benzene rings is 1. The second kappa shape index (κ2) is 15.8. The van der Waals surface area contributed by atoms with Gasteiger partial charge in [-0.1, -0.05) is 13.0 Å². The number of rotatable bonds is 12. The zero-order chi connectivity index (χ0) is 34.4. The SMILES string of the molecule is CCN1CCC[C@@H]1OC(=O)OC1CCN(C(=O)C2CCC(Nc3nccc(-n4ccc5c(OCCCS(C)(=O)=O)cccc54)n3)CC2)CC1. The number of piperidine rings is 1. The fourth-order valence-corrected chi connectivity index (χ4v) is 7.85. The Kier molecular flexibility index (Phi) is 11.2. The van der Waals surface area contributed by atoms with E-state index in [1.54, 1.807) is 6.20 Å². The number of carbonyl (C=O) groups is 2. The third kappa shape index (κ3) is 9.01. The van der Waals surface area contributed by atoms with E-state index in [1.807, 2.05) is 46.0 Å². The van der Waals surface area contributed by atoms with Crippen LogP contribution < -0.4 is 10.1 Å². The average Bonchev–Trinajstić information content (AvgIpc) is 3.74. The number of hydrogen-bond donors (Lipinski definition) is 1. The molecule has 2 saturated heterocycles. The number of likely N-dealkylation sites (tertiary alicyclic amines) is 2. The number of anilines is 1. The number of nitrogens with one attached hydrogen (secondary N) is 1. The maximum absolute atomic E-state index is 13.4. The van der Waals surface area contributed by atoms with Crippen molar-refractivity contribution in [1.29, 1.82) is 0 Å². The van der Waals surface area contributed by atoms with Gasteiger partial charge in [0.1, 0.15) is 27.5 Å². The molecular weight excluding hydrogens is 648 g/mol. The van der Waals surface area contributed by atoms with Gasteiger partial charge in [0.25, 0.3) is 0 Å². The number of sulfone groups is 1. The van der Waals surface area contributed by atoms with E-state index in [2.05, 4.69) is 22.1 Å². The molecule has 0 unspecified atom stereocenters. The van der Waals surface area contributed by atoms with Crippen molar-refractivity contribution in [2.45, 2.75) is 83.1 Å². The minimum Gasteiger partial charge on any atom is -0.493 e. The minimum atomic E-state index is -3.03. The fraction of sp³-hybridized carbons (Fsp3) is 0.600. The first-order chi connectivity index (χ1) is 23.7. The lowest BCUT2D eigenvalue weighted by atomic mass is 9.85. The molecular formula is C35H48N6O7S. The topological polar surface area (TPSA) is 145 Å². The Bertz CT molecular complexity index is 1700. The summed E-state index contributed by atoms with van der Waals surface area (Å²) in [6.45, 7) is 5.35. The summed E-state index contributed by atoms with van der Waals surface area (Å²) in [7, 11) is -3.03. The number of carbonyl (C=O) groups excluding carboxylic acids is 2. The molecule has 13 nitrogen and oxygen atoms in total. The van der Waals surface area contributed by atoms with Crippen LogP contribution in [-0.2, 0) is 24.1 Å². The molecule has 4 heterocycles. The van der Waals surface area contributed by atoms with Crippen LogP contribution in [0.5, 0.6) is 5.75 Å². The Morgan fingerprint density at radius 3 is 2.53 bits per heavy atom. The summed E-state index contributed by atoms with van der Waals surface area (Å²) in [5.74, 6) is 2.23. The van der Waals surface area contributed by atoms with Crippen LogP contribution in [0.3, 0.4) is 0 Å². The molecule has 2 aromatic heterocycles. The van der Waals surface area contributed by atoms with Gasteiger partial charge >= 0.3 is 6.16 Å². The van der Waals surface area contributed by atoms with Gasteiger partial charge in [0.2, 0.25) is 11.9 Å². The van der Waals surface area contributed by atoms with E-state index in [9.17, 15) is 18.0 Å². The predicted octanol–water partition coefficient (Wildman–Crippen LogP) is 4.79. The normalized spacial score (nSPS) is 22.2. The molecule has 49 heavy (non-hydrogen) atoms. The molecule has 266 valence electrons. The monoisotopic (exact) mass is 696 g/mol. The van der Waals surface area contributed by atoms with Crippen molar-refractivity contribution in [1.82, 2.24) is 24.3 Å². The second-order valence-electron chi connectivity index (χ2n) is 13.4. The van der Waals surface area contributed by atoms with Crippen LogP contribution in [0.1, 0.15) is 64.7 Å². The standard InChI is InChI=1S/C35H48N6O7S/c1-3-39-19-5-9-32(39)48-35(43)47-27-15-20-40(21-16-27)33(42)25-10-12-26(13-11-25)37-34-36-18-14-31(38-34)41-22-17-28-29(41)7-4-8-30(28)46-23-6-24-49(2,44)45/h4,7-8,14,17-18,22,25-27,32H,3,5-6,9-13,15-16,19-21,23-24H2,1-2H3,(H,36,37,38)/t25?,26?,32-/m0/s1. The second-order valence-corrected chi connectivity index (χ2v) is 15.6. The van der Waals surface area contributed by atoms with Crippen LogP contribution in [-0.4, -0.2) is 108 Å². The number of hydrogen-bond acceptors (Lipinski definition) is 11. The molecule has 2 aliphatic heterocycles. The summed E-state index contributed by atoms with van der Waals surface area (Å²) in [5, 5.41) is 4.40. The van der Waals surface area contributed by atoms with Crippen LogP contribution in [0.2, 0.25) is 0 Å². The van der Waals surface area contributed by atoms with Gasteiger partial charge in [0.15, 0.2) is 6.23 Å². The molecule has 0 bridgehead atoms. The highest BCUT2D eigenvalue weighted by molar-refractivity contribution is 7.90. The van der Waals surface area contributed by atoms with Gasteiger partial charge in [-0.05, 0) is 75.8 Å². The molecule has 0 radical (unpaired) electrons. The predicted molar refractivity (Wildman–Crippen MR) is 185 cm³/mol. The van der Waals surface area contributed by atoms with Gasteiger partial charge in [-0.2, -0.15) is 4.98 Å². The molecule has 1 N–H and O–H groups in total. The molecule has 1 aromatic carbocycles. The number of fused-ring (bicyclic) bond motifs is 1. The average molecular weight is 697 g/mol. The molecule has 14 heteroatoms. The fourth-order valence-electron chi connectivity index (χ4n) is 7.21. The highest BCUT2D eigenvalue weighted by atomic mass is 32.2. The lowest BCUT2D eigenvalue weighted by Gasteiger charge is -2.36. The van der Waals surface area contributed by atoms with Gasteiger partial charge in [0, 0.05) is 68.5 Å². The number of aromatic nitrogens is 3. The summed E-state index contributed by atoms with van der Waals surface area (Å²) in [5.41, 5.74) is 0.923. The Morgan fingerprint density at radius 1 is 0.980 bits per heavy atom. The molecule has 1 amide bonds. The highest BCUT2D eigenvalue weighted by Crippen LogP contribution is 2.31. The van der Waals surface area contributed by atoms with Crippen LogP contribution in [0.15, 0.2) is 42.7 Å². The largest absolute Gasteiger partial charge is 0.510 e. The van der Waals surface area contributed by atoms with Crippen molar-refractivity contribution in [2.24, 2.45) is 5.92 Å². The molecule has 1 atom stereocenters. The molecule has 0 spiro atoms. The minimum absolute atomic E-state index is 0.0100. The lowest BCUT2D eigenvalue weighted by Crippen LogP contribution is -2.45.